The summed E-state index contributed by atoms with van der Waals surface area (Å²) in [6.07, 6.45) is 3.76. The van der Waals surface area contributed by atoms with E-state index in [1.807, 2.05) is 29.2 Å². The summed E-state index contributed by atoms with van der Waals surface area (Å²) in [7, 11) is 2.63. The standard InChI is InChI=1S/C23H29N4O3P/c28-21(29)15-20(17-4-1-7-19(31)14-17)27-13-12-26(23(27)30)11-3-6-18-9-8-16-5-2-10-24-22(16)25-18/h1,4,7-9,14,20H,2-3,5-6,10-13,15,31H2,(H,24,25)(H,28,29)/t20-/m0/s1. The van der Waals surface area contributed by atoms with Crippen LogP contribution in [0.25, 0.3) is 0 Å². The Bertz CT molecular complexity index is 968. The molecule has 1 unspecified atom stereocenters. The number of benzene rings is 1. The van der Waals surface area contributed by atoms with Gasteiger partial charge in [0.25, 0.3) is 0 Å². The topological polar surface area (TPSA) is 85.8 Å². The molecule has 1 saturated heterocycles. The molecule has 4 rings (SSSR count). The first kappa shape index (κ1) is 21.6. The number of anilines is 1. The number of hydrogen-bond donors (Lipinski definition) is 2. The van der Waals surface area contributed by atoms with Crippen LogP contribution >= 0.6 is 9.24 Å². The number of fused-ring (bicyclic) bond motifs is 1. The van der Waals surface area contributed by atoms with E-state index < -0.39 is 12.0 Å². The van der Waals surface area contributed by atoms with Gasteiger partial charge in [0, 0.05) is 31.9 Å². The van der Waals surface area contributed by atoms with Gasteiger partial charge in [0.1, 0.15) is 5.82 Å². The molecule has 1 aromatic carbocycles. The van der Waals surface area contributed by atoms with Crippen LogP contribution in [0.5, 0.6) is 0 Å². The lowest BCUT2D eigenvalue weighted by Gasteiger charge is -2.27. The van der Waals surface area contributed by atoms with Gasteiger partial charge in [-0.15, -0.1) is 9.24 Å². The van der Waals surface area contributed by atoms with Crippen LogP contribution in [0, 0.1) is 0 Å². The number of amides is 2. The van der Waals surface area contributed by atoms with Gasteiger partial charge in [0.15, 0.2) is 0 Å². The van der Waals surface area contributed by atoms with Crippen LogP contribution in [0.1, 0.15) is 42.1 Å². The maximum absolute atomic E-state index is 13.0. The molecule has 7 nitrogen and oxygen atoms in total. The van der Waals surface area contributed by atoms with Gasteiger partial charge >= 0.3 is 12.0 Å². The number of aromatic nitrogens is 1. The summed E-state index contributed by atoms with van der Waals surface area (Å²) in [5.74, 6) is 0.0949. The lowest BCUT2D eigenvalue weighted by molar-refractivity contribution is -0.138. The van der Waals surface area contributed by atoms with Crippen molar-refractivity contribution in [2.24, 2.45) is 0 Å². The number of carbonyl (C=O) groups excluding carboxylic acids is 1. The highest BCUT2D eigenvalue weighted by molar-refractivity contribution is 7.27. The maximum Gasteiger partial charge on any atom is 0.320 e. The van der Waals surface area contributed by atoms with E-state index in [4.69, 9.17) is 4.98 Å². The zero-order valence-electron chi connectivity index (χ0n) is 17.6. The molecule has 31 heavy (non-hydrogen) atoms. The average molecular weight is 440 g/mol. The third-order valence-electron chi connectivity index (χ3n) is 5.98. The summed E-state index contributed by atoms with van der Waals surface area (Å²) in [5.41, 5.74) is 3.17. The molecule has 164 valence electrons. The molecule has 2 aliphatic heterocycles. The zero-order chi connectivity index (χ0) is 21.8. The van der Waals surface area contributed by atoms with Gasteiger partial charge in [-0.2, -0.15) is 0 Å². The number of carboxylic acids is 1. The molecular weight excluding hydrogens is 411 g/mol. The normalized spacial score (nSPS) is 16.7. The number of carboxylic acid groups (broad SMARTS) is 1. The van der Waals surface area contributed by atoms with Crippen molar-refractivity contribution in [3.8, 4) is 0 Å². The van der Waals surface area contributed by atoms with Crippen LogP contribution in [0.3, 0.4) is 0 Å². The predicted octanol–water partition coefficient (Wildman–Crippen LogP) is 2.83. The average Bonchev–Trinajstić information content (AvgIpc) is 3.12. The van der Waals surface area contributed by atoms with Gasteiger partial charge in [0.2, 0.25) is 0 Å². The Morgan fingerprint density at radius 2 is 2.13 bits per heavy atom. The van der Waals surface area contributed by atoms with E-state index >= 15 is 0 Å². The SMILES string of the molecule is O=C(O)C[C@@H](c1cccc(P)c1)N1CCN(CCCc2ccc3c(n2)NCCC3)C1=O. The number of nitrogens with zero attached hydrogens (tertiary/aromatic N) is 3. The van der Waals surface area contributed by atoms with Crippen molar-refractivity contribution in [1.29, 1.82) is 0 Å². The minimum absolute atomic E-state index is 0.0829. The van der Waals surface area contributed by atoms with E-state index in [2.05, 4.69) is 26.7 Å². The summed E-state index contributed by atoms with van der Waals surface area (Å²) in [6.45, 7) is 2.78. The first-order valence-corrected chi connectivity index (χ1v) is 11.4. The summed E-state index contributed by atoms with van der Waals surface area (Å²) in [6, 6.07) is 11.4. The third-order valence-corrected chi connectivity index (χ3v) is 6.34. The Kier molecular flexibility index (Phi) is 6.71. The minimum Gasteiger partial charge on any atom is -0.481 e. The van der Waals surface area contributed by atoms with Crippen molar-refractivity contribution < 1.29 is 14.7 Å². The molecule has 1 fully saturated rings. The molecule has 2 aliphatic rings. The van der Waals surface area contributed by atoms with Crippen LogP contribution < -0.4 is 10.6 Å². The molecule has 2 aromatic rings. The van der Waals surface area contributed by atoms with Crippen molar-refractivity contribution in [2.45, 2.75) is 38.1 Å². The van der Waals surface area contributed by atoms with Crippen LogP contribution in [-0.2, 0) is 17.6 Å². The fourth-order valence-electron chi connectivity index (χ4n) is 4.40. The molecular formula is C23H29N4O3P. The largest absolute Gasteiger partial charge is 0.481 e. The van der Waals surface area contributed by atoms with Gasteiger partial charge in [0.05, 0.1) is 12.5 Å². The predicted molar refractivity (Wildman–Crippen MR) is 124 cm³/mol. The first-order valence-electron chi connectivity index (χ1n) is 10.9. The smallest absolute Gasteiger partial charge is 0.320 e. The van der Waals surface area contributed by atoms with E-state index in [1.54, 1.807) is 4.90 Å². The highest BCUT2D eigenvalue weighted by Gasteiger charge is 2.35. The summed E-state index contributed by atoms with van der Waals surface area (Å²) < 4.78 is 0. The summed E-state index contributed by atoms with van der Waals surface area (Å²) in [4.78, 5) is 32.8. The highest BCUT2D eigenvalue weighted by Crippen LogP contribution is 2.28. The Balaban J connectivity index is 1.37. The Morgan fingerprint density at radius 3 is 2.94 bits per heavy atom. The molecule has 3 heterocycles. The molecule has 8 heteroatoms. The van der Waals surface area contributed by atoms with Crippen molar-refractivity contribution in [3.05, 3.63) is 53.2 Å². The van der Waals surface area contributed by atoms with E-state index in [-0.39, 0.29) is 12.5 Å². The van der Waals surface area contributed by atoms with E-state index in [0.29, 0.717) is 19.6 Å². The maximum atomic E-state index is 13.0. The second-order valence-corrected chi connectivity index (χ2v) is 8.86. The number of pyridine rings is 1. The fourth-order valence-corrected chi connectivity index (χ4v) is 4.70. The fraction of sp³-hybridized carbons (Fsp3) is 0.435. The molecule has 0 spiro atoms. The molecule has 0 bridgehead atoms. The van der Waals surface area contributed by atoms with Gasteiger partial charge in [-0.1, -0.05) is 24.3 Å². The van der Waals surface area contributed by atoms with E-state index in [1.165, 1.54) is 5.56 Å². The molecule has 0 aliphatic carbocycles. The lowest BCUT2D eigenvalue weighted by atomic mass is 10.0. The number of rotatable bonds is 8. The first-order chi connectivity index (χ1) is 15.0. The summed E-state index contributed by atoms with van der Waals surface area (Å²) >= 11 is 0. The highest BCUT2D eigenvalue weighted by atomic mass is 31.0. The van der Waals surface area contributed by atoms with Crippen LogP contribution in [0.4, 0.5) is 10.6 Å². The molecule has 0 radical (unpaired) electrons. The van der Waals surface area contributed by atoms with E-state index in [9.17, 15) is 14.7 Å². The molecule has 0 saturated carbocycles. The number of hydrogen-bond acceptors (Lipinski definition) is 4. The third kappa shape index (κ3) is 5.16. The molecule has 2 atom stereocenters. The number of carbonyl (C=O) groups is 2. The number of aliphatic carboxylic acids is 1. The molecule has 2 N–H and O–H groups in total. The van der Waals surface area contributed by atoms with Gasteiger partial charge < -0.3 is 20.2 Å². The Morgan fingerprint density at radius 1 is 1.26 bits per heavy atom. The number of nitrogens with one attached hydrogen (secondary N) is 1. The van der Waals surface area contributed by atoms with Crippen molar-refractivity contribution in [2.75, 3.05) is 31.5 Å². The van der Waals surface area contributed by atoms with Gasteiger partial charge in [-0.3, -0.25) is 4.79 Å². The zero-order valence-corrected chi connectivity index (χ0v) is 18.7. The van der Waals surface area contributed by atoms with Gasteiger partial charge in [-0.25, -0.2) is 9.78 Å². The Labute approximate surface area is 185 Å². The monoisotopic (exact) mass is 440 g/mol. The summed E-state index contributed by atoms with van der Waals surface area (Å²) in [5, 5.41) is 13.7. The van der Waals surface area contributed by atoms with E-state index in [0.717, 1.165) is 54.6 Å². The molecule has 1 aromatic heterocycles. The van der Waals surface area contributed by atoms with Crippen molar-refractivity contribution >= 4 is 32.4 Å². The second-order valence-electron chi connectivity index (χ2n) is 8.19. The Hall–Kier alpha value is -2.66. The minimum atomic E-state index is -0.905. The van der Waals surface area contributed by atoms with Gasteiger partial charge in [-0.05, 0) is 54.2 Å². The van der Waals surface area contributed by atoms with Crippen LogP contribution in [0.15, 0.2) is 36.4 Å². The quantitative estimate of drug-likeness (QED) is 0.617. The van der Waals surface area contributed by atoms with Crippen LogP contribution in [-0.4, -0.2) is 58.1 Å². The number of aryl methyl sites for hydroxylation is 2. The van der Waals surface area contributed by atoms with Crippen molar-refractivity contribution in [1.82, 2.24) is 14.8 Å². The molecule has 2 amide bonds. The van der Waals surface area contributed by atoms with Crippen molar-refractivity contribution in [3.63, 3.8) is 0 Å². The number of urea groups is 1. The lowest BCUT2D eigenvalue weighted by Crippen LogP contribution is -2.36. The second kappa shape index (κ2) is 9.65. The van der Waals surface area contributed by atoms with Crippen LogP contribution in [0.2, 0.25) is 0 Å².